The Balaban J connectivity index is 1.90. The summed E-state index contributed by atoms with van der Waals surface area (Å²) in [6.45, 7) is 11.3. The zero-order valence-electron chi connectivity index (χ0n) is 14.5. The van der Waals surface area contributed by atoms with Gasteiger partial charge in [0.15, 0.2) is 0 Å². The fraction of sp³-hybridized carbons (Fsp3) is 0.526. The van der Waals surface area contributed by atoms with Crippen molar-refractivity contribution in [2.24, 2.45) is 5.92 Å². The van der Waals surface area contributed by atoms with E-state index >= 15 is 0 Å². The third-order valence-electron chi connectivity index (χ3n) is 4.12. The Kier molecular flexibility index (Phi) is 6.81. The highest BCUT2D eigenvalue weighted by Crippen LogP contribution is 2.23. The van der Waals surface area contributed by atoms with Crippen LogP contribution >= 0.6 is 0 Å². The summed E-state index contributed by atoms with van der Waals surface area (Å²) in [5, 5.41) is 3.00. The number of carbonyl (C=O) groups is 1. The third kappa shape index (κ3) is 5.81. The van der Waals surface area contributed by atoms with E-state index in [0.717, 1.165) is 44.0 Å². The van der Waals surface area contributed by atoms with E-state index in [0.29, 0.717) is 12.5 Å². The summed E-state index contributed by atoms with van der Waals surface area (Å²) < 4.78 is 5.32. The van der Waals surface area contributed by atoms with Crippen LogP contribution in [0.2, 0.25) is 0 Å². The number of allylic oxidation sites excluding steroid dienone is 1. The lowest BCUT2D eigenvalue weighted by atomic mass is 9.94. The number of hydrogen-bond acceptors (Lipinski definition) is 3. The molecule has 1 heterocycles. The van der Waals surface area contributed by atoms with Gasteiger partial charge in [0.05, 0.1) is 13.2 Å². The van der Waals surface area contributed by atoms with E-state index in [-0.39, 0.29) is 5.91 Å². The number of morpholine rings is 1. The molecule has 2 rings (SSSR count). The highest BCUT2D eigenvalue weighted by atomic mass is 16.5. The molecule has 0 atom stereocenters. The molecule has 0 aliphatic carbocycles. The van der Waals surface area contributed by atoms with Gasteiger partial charge in [0, 0.05) is 32.3 Å². The highest BCUT2D eigenvalue weighted by molar-refractivity contribution is 5.95. The average molecular weight is 316 g/mol. The molecule has 0 saturated carbocycles. The van der Waals surface area contributed by atoms with Crippen LogP contribution in [0.3, 0.4) is 0 Å². The van der Waals surface area contributed by atoms with Gasteiger partial charge in [-0.2, -0.15) is 0 Å². The summed E-state index contributed by atoms with van der Waals surface area (Å²) in [6.07, 6.45) is 1.74. The highest BCUT2D eigenvalue weighted by Gasteiger charge is 2.11. The molecule has 1 aromatic rings. The van der Waals surface area contributed by atoms with Crippen molar-refractivity contribution in [1.29, 1.82) is 0 Å². The predicted molar refractivity (Wildman–Crippen MR) is 94.3 cm³/mol. The van der Waals surface area contributed by atoms with E-state index < -0.39 is 0 Å². The quantitative estimate of drug-likeness (QED) is 0.820. The molecule has 1 amide bonds. The molecule has 0 aromatic heterocycles. The maximum Gasteiger partial charge on any atom is 0.244 e. The molecule has 1 aliphatic heterocycles. The van der Waals surface area contributed by atoms with E-state index in [2.05, 4.69) is 55.3 Å². The largest absolute Gasteiger partial charge is 0.379 e. The Morgan fingerprint density at radius 2 is 1.91 bits per heavy atom. The van der Waals surface area contributed by atoms with Crippen LogP contribution in [0.1, 0.15) is 25.0 Å². The maximum absolute atomic E-state index is 12.2. The molecule has 4 nitrogen and oxygen atoms in total. The molecule has 0 spiro atoms. The fourth-order valence-corrected chi connectivity index (χ4v) is 2.68. The van der Waals surface area contributed by atoms with Crippen molar-refractivity contribution in [1.82, 2.24) is 10.2 Å². The van der Waals surface area contributed by atoms with Crippen LogP contribution in [0.15, 0.2) is 30.3 Å². The van der Waals surface area contributed by atoms with Crippen LogP contribution in [0.5, 0.6) is 0 Å². The molecule has 0 unspecified atom stereocenters. The van der Waals surface area contributed by atoms with Crippen molar-refractivity contribution in [2.45, 2.75) is 20.8 Å². The Bertz CT molecular complexity index is 529. The number of benzene rings is 1. The summed E-state index contributed by atoms with van der Waals surface area (Å²) in [6, 6.07) is 8.34. The molecule has 126 valence electrons. The molecular weight excluding hydrogens is 288 g/mol. The van der Waals surface area contributed by atoms with Crippen LogP contribution in [0.4, 0.5) is 0 Å². The number of nitrogens with zero attached hydrogens (tertiary/aromatic N) is 1. The third-order valence-corrected chi connectivity index (χ3v) is 4.12. The maximum atomic E-state index is 12.2. The lowest BCUT2D eigenvalue weighted by Gasteiger charge is -2.26. The fourth-order valence-electron chi connectivity index (χ4n) is 2.68. The molecule has 4 heteroatoms. The summed E-state index contributed by atoms with van der Waals surface area (Å²) in [7, 11) is 0. The van der Waals surface area contributed by atoms with Gasteiger partial charge in [0.2, 0.25) is 5.91 Å². The van der Waals surface area contributed by atoms with Crippen LogP contribution in [-0.4, -0.2) is 50.2 Å². The van der Waals surface area contributed by atoms with E-state index in [1.165, 1.54) is 5.56 Å². The SMILES string of the molecule is Cc1ccc(/C(=C/C(=O)NCCN2CCOCC2)C(C)C)cc1. The minimum atomic E-state index is -0.0115. The number of nitrogens with one attached hydrogen (secondary N) is 1. The van der Waals surface area contributed by atoms with Gasteiger partial charge in [-0.1, -0.05) is 43.7 Å². The van der Waals surface area contributed by atoms with Gasteiger partial charge in [0.25, 0.3) is 0 Å². The summed E-state index contributed by atoms with van der Waals surface area (Å²) >= 11 is 0. The predicted octanol–water partition coefficient (Wildman–Crippen LogP) is 2.48. The van der Waals surface area contributed by atoms with Crippen LogP contribution in [0, 0.1) is 12.8 Å². The molecule has 1 fully saturated rings. The number of amides is 1. The number of ether oxygens (including phenoxy) is 1. The topological polar surface area (TPSA) is 41.6 Å². The van der Waals surface area contributed by atoms with Gasteiger partial charge in [-0.25, -0.2) is 0 Å². The first kappa shape index (κ1) is 17.7. The summed E-state index contributed by atoms with van der Waals surface area (Å²) in [4.78, 5) is 14.5. The lowest BCUT2D eigenvalue weighted by Crippen LogP contribution is -2.41. The van der Waals surface area contributed by atoms with Crippen LogP contribution in [0.25, 0.3) is 5.57 Å². The second kappa shape index (κ2) is 8.85. The summed E-state index contributed by atoms with van der Waals surface area (Å²) in [5.41, 5.74) is 3.43. The Labute approximate surface area is 139 Å². The minimum Gasteiger partial charge on any atom is -0.379 e. The second-order valence-electron chi connectivity index (χ2n) is 6.37. The van der Waals surface area contributed by atoms with Crippen LogP contribution < -0.4 is 5.32 Å². The Morgan fingerprint density at radius 1 is 1.26 bits per heavy atom. The smallest absolute Gasteiger partial charge is 0.244 e. The standard InChI is InChI=1S/C19H28N2O2/c1-15(2)18(17-6-4-16(3)5-7-17)14-19(22)20-8-9-21-10-12-23-13-11-21/h4-7,14-15H,8-13H2,1-3H3,(H,20,22)/b18-14+. The summed E-state index contributed by atoms with van der Waals surface area (Å²) in [5.74, 6) is 0.297. The molecule has 0 radical (unpaired) electrons. The van der Waals surface area contributed by atoms with Gasteiger partial charge < -0.3 is 10.1 Å². The molecule has 0 bridgehead atoms. The first-order valence-corrected chi connectivity index (χ1v) is 8.43. The van der Waals surface area contributed by atoms with Crippen molar-refractivity contribution < 1.29 is 9.53 Å². The average Bonchev–Trinajstić information content (AvgIpc) is 2.54. The van der Waals surface area contributed by atoms with E-state index in [9.17, 15) is 4.79 Å². The first-order chi connectivity index (χ1) is 11.1. The number of carbonyl (C=O) groups excluding carboxylic acids is 1. The van der Waals surface area contributed by atoms with E-state index in [1.54, 1.807) is 6.08 Å². The van der Waals surface area contributed by atoms with Gasteiger partial charge >= 0.3 is 0 Å². The normalized spacial score (nSPS) is 16.6. The molecule has 1 aromatic carbocycles. The van der Waals surface area contributed by atoms with Gasteiger partial charge in [-0.15, -0.1) is 0 Å². The van der Waals surface area contributed by atoms with Crippen molar-refractivity contribution in [3.05, 3.63) is 41.5 Å². The van der Waals surface area contributed by atoms with E-state index in [1.807, 2.05) is 0 Å². The minimum absolute atomic E-state index is 0.0115. The number of rotatable bonds is 6. The zero-order valence-corrected chi connectivity index (χ0v) is 14.5. The Hall–Kier alpha value is -1.65. The van der Waals surface area contributed by atoms with Crippen molar-refractivity contribution >= 4 is 11.5 Å². The number of aryl methyl sites for hydroxylation is 1. The molecule has 1 saturated heterocycles. The van der Waals surface area contributed by atoms with Crippen molar-refractivity contribution in [2.75, 3.05) is 39.4 Å². The molecule has 1 aliphatic rings. The van der Waals surface area contributed by atoms with E-state index in [4.69, 9.17) is 4.74 Å². The molecule has 1 N–H and O–H groups in total. The molecule has 23 heavy (non-hydrogen) atoms. The van der Waals surface area contributed by atoms with Gasteiger partial charge in [-0.3, -0.25) is 9.69 Å². The first-order valence-electron chi connectivity index (χ1n) is 8.43. The monoisotopic (exact) mass is 316 g/mol. The van der Waals surface area contributed by atoms with Crippen LogP contribution in [-0.2, 0) is 9.53 Å². The van der Waals surface area contributed by atoms with Crippen molar-refractivity contribution in [3.63, 3.8) is 0 Å². The van der Waals surface area contributed by atoms with Gasteiger partial charge in [-0.05, 0) is 24.0 Å². The molecular formula is C19H28N2O2. The van der Waals surface area contributed by atoms with Crippen molar-refractivity contribution in [3.8, 4) is 0 Å². The Morgan fingerprint density at radius 3 is 2.52 bits per heavy atom. The van der Waals surface area contributed by atoms with Gasteiger partial charge in [0.1, 0.15) is 0 Å². The number of hydrogen-bond donors (Lipinski definition) is 1. The second-order valence-corrected chi connectivity index (χ2v) is 6.37. The zero-order chi connectivity index (χ0) is 16.7. The lowest BCUT2D eigenvalue weighted by molar-refractivity contribution is -0.116.